The van der Waals surface area contributed by atoms with Gasteiger partial charge in [-0.1, -0.05) is 84.9 Å². The summed E-state index contributed by atoms with van der Waals surface area (Å²) in [6.07, 6.45) is 1.19. The first-order chi connectivity index (χ1) is 18.2. The van der Waals surface area contributed by atoms with Crippen LogP contribution < -0.4 is 9.47 Å². The second-order valence-electron chi connectivity index (χ2n) is 8.72. The monoisotopic (exact) mass is 512 g/mol. The van der Waals surface area contributed by atoms with Gasteiger partial charge in [-0.3, -0.25) is 4.79 Å². The summed E-state index contributed by atoms with van der Waals surface area (Å²) in [6.45, 7) is 0.0327. The van der Waals surface area contributed by atoms with Crippen LogP contribution in [-0.4, -0.2) is 30.4 Å². The highest BCUT2D eigenvalue weighted by molar-refractivity contribution is 8.00. The van der Waals surface area contributed by atoms with E-state index in [0.29, 0.717) is 12.2 Å². The van der Waals surface area contributed by atoms with E-state index in [0.717, 1.165) is 29.1 Å². The van der Waals surface area contributed by atoms with Crippen LogP contribution >= 0.6 is 11.8 Å². The standard InChI is InChI=1S/C32H32O4S/c1-35-30-20-16-28(17-21-30)32(26-9-4-2-5-10-26,27-11-6-3-7-12-27)37-22-8-13-29(34)24-36-31-18-14-25(23-33)15-19-31/h2-7,9-12,14-21,33H,8,13,22-24H2,1H3. The number of Topliss-reactive ketones (excluding diaryl/α,β-unsaturated/α-hetero) is 1. The van der Waals surface area contributed by atoms with Crippen molar-refractivity contribution in [2.75, 3.05) is 19.5 Å². The number of aliphatic hydroxyl groups excluding tert-OH is 1. The number of benzene rings is 4. The smallest absolute Gasteiger partial charge is 0.170 e. The second-order valence-corrected chi connectivity index (χ2v) is 10.0. The molecule has 0 heterocycles. The Morgan fingerprint density at radius 3 is 1.84 bits per heavy atom. The highest BCUT2D eigenvalue weighted by Gasteiger charge is 2.36. The fourth-order valence-corrected chi connectivity index (χ4v) is 5.85. The molecule has 0 aliphatic heterocycles. The molecule has 4 aromatic carbocycles. The van der Waals surface area contributed by atoms with Crippen LogP contribution in [0, 0.1) is 0 Å². The molecule has 4 nitrogen and oxygen atoms in total. The first-order valence-corrected chi connectivity index (χ1v) is 13.4. The van der Waals surface area contributed by atoms with Gasteiger partial charge in [0.05, 0.1) is 18.5 Å². The van der Waals surface area contributed by atoms with E-state index in [1.54, 1.807) is 31.4 Å². The van der Waals surface area contributed by atoms with E-state index >= 15 is 0 Å². The SMILES string of the molecule is COc1ccc(C(SCCCC(=O)COc2ccc(CO)cc2)(c2ccccc2)c2ccccc2)cc1. The fraction of sp³-hybridized carbons (Fsp3) is 0.219. The number of methoxy groups -OCH3 is 1. The first kappa shape index (κ1) is 26.5. The van der Waals surface area contributed by atoms with Gasteiger partial charge in [0, 0.05) is 6.42 Å². The number of thioether (sulfide) groups is 1. The van der Waals surface area contributed by atoms with Gasteiger partial charge in [0.1, 0.15) is 18.1 Å². The van der Waals surface area contributed by atoms with Crippen molar-refractivity contribution in [1.29, 1.82) is 0 Å². The summed E-state index contributed by atoms with van der Waals surface area (Å²) in [7, 11) is 1.68. The van der Waals surface area contributed by atoms with Crippen molar-refractivity contribution in [2.45, 2.75) is 24.2 Å². The Morgan fingerprint density at radius 1 is 0.757 bits per heavy atom. The van der Waals surface area contributed by atoms with Crippen molar-refractivity contribution in [3.63, 3.8) is 0 Å². The lowest BCUT2D eigenvalue weighted by molar-refractivity contribution is -0.121. The average Bonchev–Trinajstić information content (AvgIpc) is 2.97. The molecular formula is C32H32O4S. The number of hydrogen-bond donors (Lipinski definition) is 1. The summed E-state index contributed by atoms with van der Waals surface area (Å²) in [4.78, 5) is 12.6. The van der Waals surface area contributed by atoms with E-state index in [1.165, 1.54) is 11.1 Å². The summed E-state index contributed by atoms with van der Waals surface area (Å²) in [5.74, 6) is 2.32. The van der Waals surface area contributed by atoms with Crippen molar-refractivity contribution in [3.8, 4) is 11.5 Å². The van der Waals surface area contributed by atoms with Crippen LogP contribution in [0.4, 0.5) is 0 Å². The van der Waals surface area contributed by atoms with Crippen LogP contribution in [0.5, 0.6) is 11.5 Å². The summed E-state index contributed by atoms with van der Waals surface area (Å²) >= 11 is 1.84. The van der Waals surface area contributed by atoms with E-state index in [9.17, 15) is 4.79 Å². The van der Waals surface area contributed by atoms with E-state index in [1.807, 2.05) is 36.0 Å². The van der Waals surface area contributed by atoms with Gasteiger partial charge in [-0.25, -0.2) is 0 Å². The predicted octanol–water partition coefficient (Wildman–Crippen LogP) is 6.64. The molecule has 0 bridgehead atoms. The lowest BCUT2D eigenvalue weighted by Gasteiger charge is -2.35. The van der Waals surface area contributed by atoms with Crippen LogP contribution in [0.25, 0.3) is 0 Å². The molecule has 37 heavy (non-hydrogen) atoms. The summed E-state index contributed by atoms with van der Waals surface area (Å²) < 4.78 is 10.6. The lowest BCUT2D eigenvalue weighted by Crippen LogP contribution is -2.26. The Morgan fingerprint density at radius 2 is 1.30 bits per heavy atom. The first-order valence-electron chi connectivity index (χ1n) is 12.4. The minimum Gasteiger partial charge on any atom is -0.497 e. The zero-order valence-corrected chi connectivity index (χ0v) is 21.8. The molecule has 0 saturated carbocycles. The lowest BCUT2D eigenvalue weighted by atomic mass is 9.84. The topological polar surface area (TPSA) is 55.8 Å². The van der Waals surface area contributed by atoms with Crippen LogP contribution in [0.3, 0.4) is 0 Å². The quantitative estimate of drug-likeness (QED) is 0.161. The van der Waals surface area contributed by atoms with E-state index in [2.05, 4.69) is 60.7 Å². The van der Waals surface area contributed by atoms with Crippen molar-refractivity contribution in [3.05, 3.63) is 131 Å². The zero-order valence-electron chi connectivity index (χ0n) is 21.0. The summed E-state index contributed by atoms with van der Waals surface area (Å²) in [6, 6.07) is 36.5. The number of ketones is 1. The van der Waals surface area contributed by atoms with Crippen LogP contribution in [-0.2, 0) is 16.1 Å². The van der Waals surface area contributed by atoms with E-state index in [-0.39, 0.29) is 19.0 Å². The largest absolute Gasteiger partial charge is 0.497 e. The molecule has 1 N–H and O–H groups in total. The molecule has 190 valence electrons. The molecule has 0 radical (unpaired) electrons. The molecule has 0 unspecified atom stereocenters. The van der Waals surface area contributed by atoms with Crippen molar-refractivity contribution < 1.29 is 19.4 Å². The molecule has 0 spiro atoms. The van der Waals surface area contributed by atoms with Gasteiger partial charge in [-0.15, -0.1) is 11.8 Å². The third kappa shape index (κ3) is 6.62. The van der Waals surface area contributed by atoms with Gasteiger partial charge in [-0.2, -0.15) is 0 Å². The van der Waals surface area contributed by atoms with Crippen molar-refractivity contribution in [2.24, 2.45) is 0 Å². The molecule has 0 aliphatic carbocycles. The number of ether oxygens (including phenoxy) is 2. The fourth-order valence-electron chi connectivity index (χ4n) is 4.34. The Bertz CT molecular complexity index is 1200. The molecule has 4 aromatic rings. The van der Waals surface area contributed by atoms with Crippen LogP contribution in [0.2, 0.25) is 0 Å². The normalized spacial score (nSPS) is 11.2. The maximum Gasteiger partial charge on any atom is 0.170 e. The van der Waals surface area contributed by atoms with E-state index < -0.39 is 4.75 Å². The molecular weight excluding hydrogens is 480 g/mol. The molecule has 0 saturated heterocycles. The third-order valence-corrected chi connectivity index (χ3v) is 7.91. The van der Waals surface area contributed by atoms with Crippen LogP contribution in [0.15, 0.2) is 109 Å². The van der Waals surface area contributed by atoms with Gasteiger partial charge in [-0.05, 0) is 58.7 Å². The molecule has 0 amide bonds. The Labute approximate surface area is 223 Å². The highest BCUT2D eigenvalue weighted by atomic mass is 32.2. The predicted molar refractivity (Wildman–Crippen MR) is 150 cm³/mol. The molecule has 0 aromatic heterocycles. The summed E-state index contributed by atoms with van der Waals surface area (Å²) in [5, 5.41) is 9.16. The molecule has 0 fully saturated rings. The number of aliphatic hydroxyl groups is 1. The average molecular weight is 513 g/mol. The Kier molecular flexibility index (Phi) is 9.41. The highest BCUT2D eigenvalue weighted by Crippen LogP contribution is 2.49. The Hall–Kier alpha value is -3.54. The van der Waals surface area contributed by atoms with Gasteiger partial charge in [0.2, 0.25) is 0 Å². The van der Waals surface area contributed by atoms with Gasteiger partial charge in [0.15, 0.2) is 5.78 Å². The minimum atomic E-state index is -0.428. The zero-order chi connectivity index (χ0) is 25.9. The molecule has 0 atom stereocenters. The molecule has 5 heteroatoms. The number of hydrogen-bond acceptors (Lipinski definition) is 5. The van der Waals surface area contributed by atoms with Crippen molar-refractivity contribution >= 4 is 17.5 Å². The third-order valence-electron chi connectivity index (χ3n) is 6.28. The molecule has 0 aliphatic rings. The van der Waals surface area contributed by atoms with Gasteiger partial charge >= 0.3 is 0 Å². The second kappa shape index (κ2) is 13.1. The van der Waals surface area contributed by atoms with Crippen molar-refractivity contribution in [1.82, 2.24) is 0 Å². The molecule has 4 rings (SSSR count). The Balaban J connectivity index is 1.49. The maximum absolute atomic E-state index is 12.6. The maximum atomic E-state index is 12.6. The number of rotatable bonds is 13. The van der Waals surface area contributed by atoms with Gasteiger partial charge in [0.25, 0.3) is 0 Å². The van der Waals surface area contributed by atoms with E-state index in [4.69, 9.17) is 14.6 Å². The van der Waals surface area contributed by atoms with Gasteiger partial charge < -0.3 is 14.6 Å². The van der Waals surface area contributed by atoms with Crippen LogP contribution in [0.1, 0.15) is 35.1 Å². The number of carbonyl (C=O) groups is 1. The summed E-state index contributed by atoms with van der Waals surface area (Å²) in [5.41, 5.74) is 4.36. The minimum absolute atomic E-state index is 0.0130. The number of carbonyl (C=O) groups excluding carboxylic acids is 1.